The van der Waals surface area contributed by atoms with Crippen molar-refractivity contribution in [1.82, 2.24) is 0 Å². The van der Waals surface area contributed by atoms with E-state index >= 15 is 0 Å². The van der Waals surface area contributed by atoms with Crippen molar-refractivity contribution < 1.29 is 12.9 Å². The summed E-state index contributed by atoms with van der Waals surface area (Å²) >= 11 is 1.96. The normalized spacial score (nSPS) is 17.1. The second kappa shape index (κ2) is 3.37. The molecule has 0 aliphatic rings. The van der Waals surface area contributed by atoms with Gasteiger partial charge in [0.15, 0.2) is 0 Å². The van der Waals surface area contributed by atoms with Crippen molar-refractivity contribution in [2.45, 2.75) is 0 Å². The summed E-state index contributed by atoms with van der Waals surface area (Å²) in [6.45, 7) is 3.37. The molecule has 0 amide bonds. The maximum atomic E-state index is 10.2. The molecule has 0 saturated carbocycles. The van der Waals surface area contributed by atoms with Crippen LogP contribution in [0.2, 0.25) is 0 Å². The van der Waals surface area contributed by atoms with Crippen LogP contribution in [0.4, 0.5) is 0 Å². The fourth-order valence-electron chi connectivity index (χ4n) is 0.134. The predicted molar refractivity (Wildman–Crippen MR) is 32.7 cm³/mol. The zero-order valence-electron chi connectivity index (χ0n) is 4.07. The molecular weight excluding hydrogens is 195 g/mol. The molecule has 0 spiro atoms. The second-order valence-corrected chi connectivity index (χ2v) is 4.74. The zero-order valence-corrected chi connectivity index (χ0v) is 6.60. The molecule has 1 unspecified atom stereocenters. The van der Waals surface area contributed by atoms with E-state index in [0.29, 0.717) is 0 Å². The number of hydrogen-bond donors (Lipinski definition) is 1. The van der Waals surface area contributed by atoms with Crippen LogP contribution in [0.3, 0.4) is 0 Å². The van der Waals surface area contributed by atoms with E-state index in [0.717, 1.165) is 0 Å². The zero-order chi connectivity index (χ0) is 6.62. The first-order valence-electron chi connectivity index (χ1n) is 1.79. The van der Waals surface area contributed by atoms with Gasteiger partial charge in [-0.25, -0.2) is 0 Å². The van der Waals surface area contributed by atoms with Gasteiger partial charge < -0.3 is 0 Å². The molecule has 1 atom stereocenters. The van der Waals surface area contributed by atoms with Gasteiger partial charge in [-0.1, -0.05) is 0 Å². The van der Waals surface area contributed by atoms with Gasteiger partial charge in [-0.3, -0.25) is 0 Å². The Morgan fingerprint density at radius 2 is 2.50 bits per heavy atom. The minimum absolute atomic E-state index is 0.0856. The fourth-order valence-corrected chi connectivity index (χ4v) is 0.752. The summed E-state index contributed by atoms with van der Waals surface area (Å²) in [4.78, 5) is 0. The Labute approximate surface area is 55.4 Å². The van der Waals surface area contributed by atoms with Crippen molar-refractivity contribution in [3.63, 3.8) is 0 Å². The summed E-state index contributed by atoms with van der Waals surface area (Å²) in [5.74, 6) is 0. The summed E-state index contributed by atoms with van der Waals surface area (Å²) in [5, 5.41) is 0. The molecule has 0 aliphatic heterocycles. The van der Waals surface area contributed by atoms with Crippen LogP contribution in [-0.4, -0.2) is 29.8 Å². The average Bonchev–Trinajstić information content (AvgIpc) is 1.59. The van der Waals surface area contributed by atoms with E-state index in [1.165, 1.54) is 6.08 Å². The molecule has 0 bridgehead atoms. The first kappa shape index (κ1) is 8.33. The maximum absolute atomic E-state index is 10.2. The third kappa shape index (κ3) is 6.33. The van der Waals surface area contributed by atoms with Crippen LogP contribution >= 0.6 is 0 Å². The van der Waals surface area contributed by atoms with Crippen LogP contribution in [0.1, 0.15) is 0 Å². The van der Waals surface area contributed by atoms with Gasteiger partial charge in [0.05, 0.1) is 0 Å². The minimum atomic E-state index is -3.13. The van der Waals surface area contributed by atoms with Gasteiger partial charge in [-0.05, 0) is 0 Å². The Hall–Kier alpha value is 0.329. The second-order valence-electron chi connectivity index (χ2n) is 1.00. The summed E-state index contributed by atoms with van der Waals surface area (Å²) in [6.07, 6.45) is 1.40. The Bertz CT molecular complexity index is 159. The molecule has 0 radical (unpaired) electrons. The van der Waals surface area contributed by atoms with Crippen LogP contribution in [-0.2, 0) is 12.6 Å². The molecule has 0 fully saturated rings. The molecule has 0 aromatic heterocycles. The van der Waals surface area contributed by atoms with Crippen molar-refractivity contribution in [3.05, 3.63) is 12.7 Å². The monoisotopic (exact) mass is 202 g/mol. The topological polar surface area (TPSA) is 46.5 Å². The molecule has 3 nitrogen and oxygen atoms in total. The quantitative estimate of drug-likeness (QED) is 0.514. The third-order valence-electron chi connectivity index (χ3n) is 0.335. The summed E-state index contributed by atoms with van der Waals surface area (Å²) in [5.41, 5.74) is 0. The average molecular weight is 201 g/mol. The van der Waals surface area contributed by atoms with E-state index < -0.39 is 8.42 Å². The fraction of sp³-hybridized carbons (Fsp3) is 0.333. The van der Waals surface area contributed by atoms with Crippen LogP contribution in [0.25, 0.3) is 0 Å². The summed E-state index contributed by atoms with van der Waals surface area (Å²) in [7, 11) is -3.13. The van der Waals surface area contributed by atoms with Gasteiger partial charge in [0, 0.05) is 0 Å². The van der Waals surface area contributed by atoms with Gasteiger partial charge in [-0.15, -0.1) is 0 Å². The molecule has 0 aromatic carbocycles. The van der Waals surface area contributed by atoms with E-state index in [-0.39, 0.29) is 6.61 Å². The Morgan fingerprint density at radius 1 is 2.00 bits per heavy atom. The molecule has 0 aliphatic carbocycles. The predicted octanol–water partition coefficient (Wildman–Crippen LogP) is -0.0551. The van der Waals surface area contributed by atoms with Gasteiger partial charge in [0.2, 0.25) is 0 Å². The molecular formula is C3H6O3SSe. The van der Waals surface area contributed by atoms with E-state index in [4.69, 9.17) is 4.55 Å². The molecule has 0 aromatic rings. The van der Waals surface area contributed by atoms with Gasteiger partial charge in [0.1, 0.15) is 0 Å². The van der Waals surface area contributed by atoms with Crippen molar-refractivity contribution in [2.24, 2.45) is 0 Å². The van der Waals surface area contributed by atoms with Crippen molar-refractivity contribution >= 4 is 22.8 Å². The Balaban J connectivity index is 3.57. The third-order valence-corrected chi connectivity index (χ3v) is 1.37. The van der Waals surface area contributed by atoms with Gasteiger partial charge in [0.25, 0.3) is 0 Å². The molecule has 5 heteroatoms. The van der Waals surface area contributed by atoms with Crippen LogP contribution in [0.5, 0.6) is 0 Å². The molecule has 0 saturated heterocycles. The van der Waals surface area contributed by atoms with Crippen molar-refractivity contribution in [2.75, 3.05) is 6.61 Å². The SMILES string of the molecule is C=CCOS(=O)(O)=[Se]. The van der Waals surface area contributed by atoms with E-state index in [9.17, 15) is 4.21 Å². The van der Waals surface area contributed by atoms with E-state index in [1.54, 1.807) is 0 Å². The van der Waals surface area contributed by atoms with E-state index in [2.05, 4.69) is 10.8 Å². The number of hydrogen-bond acceptors (Lipinski definition) is 2. The van der Waals surface area contributed by atoms with E-state index in [1.807, 2.05) is 14.4 Å². The summed E-state index contributed by atoms with van der Waals surface area (Å²) < 4.78 is 22.8. The molecule has 1 N–H and O–H groups in total. The molecule has 48 valence electrons. The molecule has 0 rings (SSSR count). The number of rotatable bonds is 3. The summed E-state index contributed by atoms with van der Waals surface area (Å²) in [6, 6.07) is 0. The Kier molecular flexibility index (Phi) is 3.51. The van der Waals surface area contributed by atoms with Crippen molar-refractivity contribution in [3.8, 4) is 0 Å². The standard InChI is InChI=1S/C3H6O3SSe/c1-2-3-6-7(4,5)8/h2H,1,3H2,(H,4,5,8). The Morgan fingerprint density at radius 3 is 2.62 bits per heavy atom. The first-order chi connectivity index (χ1) is 3.56. The van der Waals surface area contributed by atoms with Crippen LogP contribution in [0.15, 0.2) is 12.7 Å². The van der Waals surface area contributed by atoms with Gasteiger partial charge in [-0.2, -0.15) is 0 Å². The van der Waals surface area contributed by atoms with Crippen molar-refractivity contribution in [1.29, 1.82) is 0 Å². The van der Waals surface area contributed by atoms with Crippen LogP contribution < -0.4 is 0 Å². The van der Waals surface area contributed by atoms with Crippen LogP contribution in [0, 0.1) is 0 Å². The first-order valence-corrected chi connectivity index (χ1v) is 5.25. The van der Waals surface area contributed by atoms with Gasteiger partial charge >= 0.3 is 55.0 Å². The molecule has 0 heterocycles. The molecule has 8 heavy (non-hydrogen) atoms.